The van der Waals surface area contributed by atoms with Crippen molar-refractivity contribution in [2.45, 2.75) is 19.3 Å². The van der Waals surface area contributed by atoms with E-state index in [0.717, 1.165) is 45.3 Å². The summed E-state index contributed by atoms with van der Waals surface area (Å²) >= 11 is 0. The number of nitrogens with zero attached hydrogens (tertiary/aromatic N) is 2. The van der Waals surface area contributed by atoms with Gasteiger partial charge in [-0.3, -0.25) is 0 Å². The Labute approximate surface area is 495 Å². The maximum absolute atomic E-state index is 4.78. The van der Waals surface area contributed by atoms with Crippen molar-refractivity contribution in [1.29, 1.82) is 0 Å². The molecule has 0 unspecified atom stereocenters. The van der Waals surface area contributed by atoms with Crippen LogP contribution in [0.25, 0.3) is 115 Å². The zero-order valence-corrected chi connectivity index (χ0v) is 47.3. The second-order valence-corrected chi connectivity index (χ2v) is 23.6. The molecule has 85 heavy (non-hydrogen) atoms. The lowest BCUT2D eigenvalue weighted by molar-refractivity contribution is 0.660. The van der Waals surface area contributed by atoms with E-state index in [2.05, 4.69) is 315 Å². The van der Waals surface area contributed by atoms with E-state index in [4.69, 9.17) is 6.58 Å². The van der Waals surface area contributed by atoms with Crippen LogP contribution >= 0.6 is 0 Å². The number of hydrogen-bond acceptors (Lipinski definition) is 2. The van der Waals surface area contributed by atoms with Crippen molar-refractivity contribution < 1.29 is 0 Å². The van der Waals surface area contributed by atoms with E-state index >= 15 is 0 Å². The molecule has 0 saturated carbocycles. The lowest BCUT2D eigenvalue weighted by Crippen LogP contribution is -2.15. The van der Waals surface area contributed by atoms with Crippen LogP contribution in [0.15, 0.2) is 298 Å². The van der Waals surface area contributed by atoms with Crippen LogP contribution < -0.4 is 9.80 Å². The molecule has 0 bridgehead atoms. The van der Waals surface area contributed by atoms with Gasteiger partial charge in [0.15, 0.2) is 0 Å². The first-order chi connectivity index (χ1) is 41.9. The van der Waals surface area contributed by atoms with E-state index in [1.165, 1.54) is 126 Å². The quantitative estimate of drug-likeness (QED) is 0.140. The lowest BCUT2D eigenvalue weighted by atomic mass is 9.80. The molecule has 15 aromatic carbocycles. The largest absolute Gasteiger partial charge is 0.309 e. The minimum Gasteiger partial charge on any atom is -0.309 e. The van der Waals surface area contributed by atoms with Gasteiger partial charge in [0.2, 0.25) is 0 Å². The molecule has 0 N–H and O–H groups in total. The predicted octanol–water partition coefficient (Wildman–Crippen LogP) is 23.2. The summed E-state index contributed by atoms with van der Waals surface area (Å²) in [4.78, 5) is 5.01. The maximum Gasteiger partial charge on any atom is 0.0540 e. The van der Waals surface area contributed by atoms with Gasteiger partial charge in [-0.1, -0.05) is 251 Å². The third-order valence-electron chi connectivity index (χ3n) is 18.7. The van der Waals surface area contributed by atoms with Crippen LogP contribution in [0.4, 0.5) is 34.1 Å². The smallest absolute Gasteiger partial charge is 0.0540 e. The Bertz CT molecular complexity index is 5150. The fourth-order valence-corrected chi connectivity index (χ4v) is 14.7. The van der Waals surface area contributed by atoms with E-state index in [9.17, 15) is 0 Å². The van der Waals surface area contributed by atoms with Gasteiger partial charge in [-0.2, -0.15) is 0 Å². The van der Waals surface area contributed by atoms with Crippen molar-refractivity contribution in [2.75, 3.05) is 9.80 Å². The molecule has 15 aromatic rings. The number of benzene rings is 15. The zero-order chi connectivity index (χ0) is 56.5. The lowest BCUT2D eigenvalue weighted by Gasteiger charge is -2.30. The van der Waals surface area contributed by atoms with Crippen molar-refractivity contribution in [3.8, 4) is 44.5 Å². The molecule has 17 rings (SSSR count). The summed E-state index contributed by atoms with van der Waals surface area (Å²) < 4.78 is 0. The molecule has 2 heteroatoms. The number of fused-ring (bicyclic) bond motifs is 12. The summed E-state index contributed by atoms with van der Waals surface area (Å²) in [6.07, 6.45) is 0. The van der Waals surface area contributed by atoms with Gasteiger partial charge in [0, 0.05) is 38.3 Å². The van der Waals surface area contributed by atoms with E-state index in [1.807, 2.05) is 0 Å². The van der Waals surface area contributed by atoms with Gasteiger partial charge in [0.1, 0.15) is 0 Å². The Balaban J connectivity index is 1.01. The molecule has 0 aromatic heterocycles. The highest BCUT2D eigenvalue weighted by molar-refractivity contribution is 6.24. The average Bonchev–Trinajstić information content (AvgIpc) is 2.78. The van der Waals surface area contributed by atoms with Gasteiger partial charge in [-0.15, -0.1) is 0 Å². The summed E-state index contributed by atoms with van der Waals surface area (Å²) in [5.41, 5.74) is 22.3. The third kappa shape index (κ3) is 7.45. The predicted molar refractivity (Wildman–Crippen MR) is 363 cm³/mol. The Hall–Kier alpha value is -10.8. The second-order valence-electron chi connectivity index (χ2n) is 23.6. The van der Waals surface area contributed by atoms with Crippen LogP contribution in [0, 0.1) is 0 Å². The molecule has 0 saturated heterocycles. The van der Waals surface area contributed by atoms with Crippen molar-refractivity contribution in [2.24, 2.45) is 0 Å². The van der Waals surface area contributed by atoms with Crippen LogP contribution in [0.3, 0.4) is 0 Å². The number of hydrogen-bond donors (Lipinski definition) is 0. The second kappa shape index (κ2) is 18.9. The zero-order valence-electron chi connectivity index (χ0n) is 47.3. The molecule has 0 fully saturated rings. The number of anilines is 6. The van der Waals surface area contributed by atoms with Crippen LogP contribution in [0.5, 0.6) is 0 Å². The summed E-state index contributed by atoms with van der Waals surface area (Å²) in [6, 6.07) is 109. The van der Waals surface area contributed by atoms with Gasteiger partial charge in [0.25, 0.3) is 0 Å². The maximum atomic E-state index is 4.78. The van der Waals surface area contributed by atoms with Crippen molar-refractivity contribution in [3.63, 3.8) is 0 Å². The minimum atomic E-state index is -0.215. The van der Waals surface area contributed by atoms with Gasteiger partial charge in [-0.05, 0) is 176 Å². The summed E-state index contributed by atoms with van der Waals surface area (Å²) in [5, 5.41) is 14.2. The van der Waals surface area contributed by atoms with E-state index in [1.54, 1.807) is 0 Å². The highest BCUT2D eigenvalue weighted by atomic mass is 15.2. The molecule has 0 atom stereocenters. The highest BCUT2D eigenvalue weighted by Gasteiger charge is 2.36. The monoisotopic (exact) mass is 1080 g/mol. The van der Waals surface area contributed by atoms with Crippen molar-refractivity contribution in [1.82, 2.24) is 0 Å². The van der Waals surface area contributed by atoms with Crippen LogP contribution in [0.1, 0.15) is 36.1 Å². The first-order valence-corrected chi connectivity index (χ1v) is 29.6. The fraction of sp³-hybridized carbons (Fsp3) is 0.0361. The van der Waals surface area contributed by atoms with Crippen molar-refractivity contribution >= 4 is 104 Å². The molecular weight excluding hydrogens is 1020 g/mol. The summed E-state index contributed by atoms with van der Waals surface area (Å²) in [5.74, 6) is 0. The Morgan fingerprint density at radius 2 is 0.624 bits per heavy atom. The van der Waals surface area contributed by atoms with Crippen LogP contribution in [0.2, 0.25) is 0 Å². The molecular formula is C83H56N2. The normalized spacial score (nSPS) is 12.9. The molecule has 2 nitrogen and oxygen atoms in total. The highest BCUT2D eigenvalue weighted by Crippen LogP contribution is 2.55. The molecule has 0 heterocycles. The molecule has 398 valence electrons. The molecule has 2 aliphatic rings. The van der Waals surface area contributed by atoms with E-state index in [0.29, 0.717) is 0 Å². The third-order valence-corrected chi connectivity index (χ3v) is 18.7. The van der Waals surface area contributed by atoms with Crippen LogP contribution in [-0.4, -0.2) is 0 Å². The molecule has 0 aliphatic heterocycles. The summed E-state index contributed by atoms with van der Waals surface area (Å²) in [6.45, 7) is 9.57. The molecule has 0 amide bonds. The van der Waals surface area contributed by atoms with Crippen molar-refractivity contribution in [3.05, 3.63) is 320 Å². The van der Waals surface area contributed by atoms with Crippen LogP contribution in [-0.2, 0) is 5.41 Å². The molecule has 0 spiro atoms. The average molecular weight is 1080 g/mol. The van der Waals surface area contributed by atoms with E-state index in [-0.39, 0.29) is 5.41 Å². The first-order valence-electron chi connectivity index (χ1n) is 29.6. The standard InChI is InChI=1S/C83H56N2/c1-52-61-28-12-13-33-66(61)67-44-40-57(48-72(52)67)81-70-46-42-60(85(79-38-18-26-55-22-6-10-31-64(55)79)80-39-19-27-56-23-7-11-32-65(56)80)51-74(70)82(58-41-45-69-68-34-14-15-35-75(68)83(2,3)76(69)49-58)71-47-43-59(50-73(71)81)84(77-36-16-24-53-20-4-8-29-62(53)77)78-37-17-25-54-21-5-9-30-63(54)78/h4-51H,1H2,2-3H3. The Morgan fingerprint density at radius 3 is 1.11 bits per heavy atom. The minimum absolute atomic E-state index is 0.215. The van der Waals surface area contributed by atoms with Gasteiger partial charge in [-0.25, -0.2) is 0 Å². The molecule has 0 radical (unpaired) electrons. The topological polar surface area (TPSA) is 6.48 Å². The first kappa shape index (κ1) is 48.9. The Morgan fingerprint density at radius 1 is 0.259 bits per heavy atom. The Kier molecular flexibility index (Phi) is 10.8. The SMILES string of the molecule is C=C1c2ccccc2-c2ccc(-c3c4ccc(N(c5cccc6ccccc56)c5cccc6ccccc56)cc4c(-c4ccc5c(c4)C(C)(C)c4ccccc4-5)c4ccc(N(c5cccc6ccccc56)c5cccc6ccccc56)cc34)cc21. The molecule has 2 aliphatic carbocycles. The van der Waals surface area contributed by atoms with Gasteiger partial charge >= 0.3 is 0 Å². The van der Waals surface area contributed by atoms with E-state index < -0.39 is 0 Å². The van der Waals surface area contributed by atoms with Gasteiger partial charge < -0.3 is 9.80 Å². The van der Waals surface area contributed by atoms with Gasteiger partial charge in [0.05, 0.1) is 22.7 Å². The number of rotatable bonds is 8. The fourth-order valence-electron chi connectivity index (χ4n) is 14.7. The summed E-state index contributed by atoms with van der Waals surface area (Å²) in [7, 11) is 0.